The maximum Gasteiger partial charge on any atom is 0.326 e. The minimum atomic E-state index is -1.11. The number of aliphatic carboxylic acids is 1. The van der Waals surface area contributed by atoms with Gasteiger partial charge in [-0.05, 0) is 40.6 Å². The van der Waals surface area contributed by atoms with Crippen molar-refractivity contribution in [2.75, 3.05) is 0 Å². The van der Waals surface area contributed by atoms with E-state index in [9.17, 15) is 19.5 Å². The number of amides is 1. The first-order valence-electron chi connectivity index (χ1n) is 8.72. The van der Waals surface area contributed by atoms with Gasteiger partial charge in [0.15, 0.2) is 0 Å². The highest BCUT2D eigenvalue weighted by molar-refractivity contribution is 5.96. The summed E-state index contributed by atoms with van der Waals surface area (Å²) in [6.07, 6.45) is 0.164. The number of benzene rings is 3. The third kappa shape index (κ3) is 4.73. The molecular formula is C22H19NO5. The predicted octanol–water partition coefficient (Wildman–Crippen LogP) is 3.19. The lowest BCUT2D eigenvalue weighted by molar-refractivity contribution is -0.139. The molecule has 0 aliphatic heterocycles. The van der Waals surface area contributed by atoms with E-state index >= 15 is 0 Å². The van der Waals surface area contributed by atoms with Crippen molar-refractivity contribution in [2.24, 2.45) is 0 Å². The third-order valence-electron chi connectivity index (χ3n) is 4.24. The minimum absolute atomic E-state index is 0.164. The molecule has 0 radical (unpaired) electrons. The van der Waals surface area contributed by atoms with Crippen LogP contribution in [-0.4, -0.2) is 29.0 Å². The van der Waals surface area contributed by atoms with Gasteiger partial charge < -0.3 is 15.2 Å². The van der Waals surface area contributed by atoms with Crippen LogP contribution in [0.3, 0.4) is 0 Å². The van der Waals surface area contributed by atoms with Crippen LogP contribution in [0.15, 0.2) is 66.7 Å². The molecule has 0 bridgehead atoms. The Labute approximate surface area is 161 Å². The number of nitrogens with one attached hydrogen (secondary N) is 1. The summed E-state index contributed by atoms with van der Waals surface area (Å²) in [5.41, 5.74) is 1.09. The van der Waals surface area contributed by atoms with Gasteiger partial charge in [-0.15, -0.1) is 0 Å². The molecule has 0 spiro atoms. The zero-order chi connectivity index (χ0) is 20.1. The highest BCUT2D eigenvalue weighted by Crippen LogP contribution is 2.17. The van der Waals surface area contributed by atoms with Crippen LogP contribution in [0.4, 0.5) is 0 Å². The first kappa shape index (κ1) is 19.1. The molecule has 28 heavy (non-hydrogen) atoms. The average molecular weight is 377 g/mol. The number of rotatable bonds is 6. The molecule has 3 aromatic carbocycles. The van der Waals surface area contributed by atoms with E-state index < -0.39 is 23.9 Å². The SMILES string of the molecule is CC(=O)Oc1ccc(C(=O)N[C@H](Cc2ccc3ccccc3c2)C(=O)O)cc1. The Hall–Kier alpha value is -3.67. The highest BCUT2D eigenvalue weighted by Gasteiger charge is 2.21. The van der Waals surface area contributed by atoms with E-state index in [2.05, 4.69) is 5.32 Å². The van der Waals surface area contributed by atoms with Gasteiger partial charge in [-0.1, -0.05) is 42.5 Å². The Kier molecular flexibility index (Phi) is 5.69. The largest absolute Gasteiger partial charge is 0.480 e. The second-order valence-corrected chi connectivity index (χ2v) is 6.37. The van der Waals surface area contributed by atoms with Crippen molar-refractivity contribution in [3.05, 3.63) is 77.9 Å². The second-order valence-electron chi connectivity index (χ2n) is 6.37. The van der Waals surface area contributed by atoms with Gasteiger partial charge in [0, 0.05) is 18.9 Å². The van der Waals surface area contributed by atoms with Crippen LogP contribution in [0.5, 0.6) is 5.75 Å². The molecule has 0 fully saturated rings. The molecule has 0 saturated carbocycles. The Balaban J connectivity index is 1.72. The smallest absolute Gasteiger partial charge is 0.326 e. The zero-order valence-electron chi connectivity index (χ0n) is 15.2. The highest BCUT2D eigenvalue weighted by atomic mass is 16.5. The van der Waals surface area contributed by atoms with Gasteiger partial charge in [-0.3, -0.25) is 9.59 Å². The number of hydrogen-bond donors (Lipinski definition) is 2. The van der Waals surface area contributed by atoms with E-state index in [0.717, 1.165) is 16.3 Å². The molecule has 0 aliphatic carbocycles. The molecule has 0 unspecified atom stereocenters. The summed E-state index contributed by atoms with van der Waals surface area (Å²) in [7, 11) is 0. The maximum atomic E-state index is 12.4. The molecular weight excluding hydrogens is 358 g/mol. The number of hydrogen-bond acceptors (Lipinski definition) is 4. The Morgan fingerprint density at radius 2 is 1.64 bits per heavy atom. The number of carbonyl (C=O) groups is 3. The van der Waals surface area contributed by atoms with Gasteiger partial charge in [-0.2, -0.15) is 0 Å². The van der Waals surface area contributed by atoms with Gasteiger partial charge in [-0.25, -0.2) is 4.79 Å². The average Bonchev–Trinajstić information content (AvgIpc) is 2.67. The van der Waals surface area contributed by atoms with Crippen molar-refractivity contribution in [3.8, 4) is 5.75 Å². The molecule has 1 atom stereocenters. The summed E-state index contributed by atoms with van der Waals surface area (Å²) in [4.78, 5) is 35.0. The lowest BCUT2D eigenvalue weighted by atomic mass is 10.0. The van der Waals surface area contributed by atoms with E-state index in [1.165, 1.54) is 31.2 Å². The fraction of sp³-hybridized carbons (Fsp3) is 0.136. The Bertz CT molecular complexity index is 1030. The van der Waals surface area contributed by atoms with Crippen LogP contribution in [0.2, 0.25) is 0 Å². The summed E-state index contributed by atoms with van der Waals surface area (Å²) in [6.45, 7) is 1.28. The van der Waals surface area contributed by atoms with E-state index in [1.807, 2.05) is 42.5 Å². The topological polar surface area (TPSA) is 92.7 Å². The van der Waals surface area contributed by atoms with Gasteiger partial charge in [0.2, 0.25) is 0 Å². The number of carboxylic acid groups (broad SMARTS) is 1. The summed E-state index contributed by atoms with van der Waals surface area (Å²) in [5, 5.41) is 14.1. The first-order valence-corrected chi connectivity index (χ1v) is 8.72. The fourth-order valence-electron chi connectivity index (χ4n) is 2.88. The molecule has 3 rings (SSSR count). The summed E-state index contributed by atoms with van der Waals surface area (Å²) >= 11 is 0. The van der Waals surface area contributed by atoms with E-state index in [4.69, 9.17) is 4.74 Å². The number of fused-ring (bicyclic) bond motifs is 1. The molecule has 0 saturated heterocycles. The maximum absolute atomic E-state index is 12.4. The van der Waals surface area contributed by atoms with Crippen molar-refractivity contribution < 1.29 is 24.2 Å². The third-order valence-corrected chi connectivity index (χ3v) is 4.24. The van der Waals surface area contributed by atoms with Crippen LogP contribution >= 0.6 is 0 Å². The van der Waals surface area contributed by atoms with Crippen molar-refractivity contribution in [1.82, 2.24) is 5.32 Å². The lowest BCUT2D eigenvalue weighted by Gasteiger charge is -2.15. The standard InChI is InChI=1S/C22H19NO5/c1-14(24)28-19-10-8-17(9-11-19)21(25)23-20(22(26)27)13-15-6-7-16-4-2-3-5-18(16)12-15/h2-12,20H,13H2,1H3,(H,23,25)(H,26,27)/t20-/m1/s1. The molecule has 0 aliphatic rings. The summed E-state index contributed by atoms with van der Waals surface area (Å²) in [6, 6.07) is 18.4. The number of ether oxygens (including phenoxy) is 1. The van der Waals surface area contributed by atoms with Gasteiger partial charge in [0.05, 0.1) is 0 Å². The van der Waals surface area contributed by atoms with Crippen LogP contribution in [0.25, 0.3) is 10.8 Å². The second kappa shape index (κ2) is 8.35. The quantitative estimate of drug-likeness (QED) is 0.508. The van der Waals surface area contributed by atoms with Crippen molar-refractivity contribution in [3.63, 3.8) is 0 Å². The van der Waals surface area contributed by atoms with Crippen LogP contribution < -0.4 is 10.1 Å². The fourth-order valence-corrected chi connectivity index (χ4v) is 2.88. The first-order chi connectivity index (χ1) is 13.4. The van der Waals surface area contributed by atoms with Crippen molar-refractivity contribution >= 4 is 28.6 Å². The number of carbonyl (C=O) groups excluding carboxylic acids is 2. The van der Waals surface area contributed by atoms with Crippen LogP contribution in [0, 0.1) is 0 Å². The van der Waals surface area contributed by atoms with E-state index in [1.54, 1.807) is 0 Å². The summed E-state index contributed by atoms with van der Waals surface area (Å²) < 4.78 is 4.92. The lowest BCUT2D eigenvalue weighted by Crippen LogP contribution is -2.42. The van der Waals surface area contributed by atoms with Crippen molar-refractivity contribution in [1.29, 1.82) is 0 Å². The normalized spacial score (nSPS) is 11.6. The number of esters is 1. The molecule has 6 heteroatoms. The van der Waals surface area contributed by atoms with Crippen LogP contribution in [0.1, 0.15) is 22.8 Å². The number of carboxylic acids is 1. The Morgan fingerprint density at radius 1 is 0.964 bits per heavy atom. The molecule has 142 valence electrons. The molecule has 0 aromatic heterocycles. The van der Waals surface area contributed by atoms with Crippen molar-refractivity contribution in [2.45, 2.75) is 19.4 Å². The molecule has 0 heterocycles. The molecule has 3 aromatic rings. The monoisotopic (exact) mass is 377 g/mol. The van der Waals surface area contributed by atoms with Gasteiger partial charge >= 0.3 is 11.9 Å². The van der Waals surface area contributed by atoms with E-state index in [-0.39, 0.29) is 12.0 Å². The zero-order valence-corrected chi connectivity index (χ0v) is 15.2. The molecule has 2 N–H and O–H groups in total. The van der Waals surface area contributed by atoms with E-state index in [0.29, 0.717) is 5.75 Å². The predicted molar refractivity (Wildman–Crippen MR) is 104 cm³/mol. The molecule has 6 nitrogen and oxygen atoms in total. The Morgan fingerprint density at radius 3 is 2.29 bits per heavy atom. The van der Waals surface area contributed by atoms with Gasteiger partial charge in [0.25, 0.3) is 5.91 Å². The molecule has 1 amide bonds. The van der Waals surface area contributed by atoms with Crippen LogP contribution in [-0.2, 0) is 16.0 Å². The van der Waals surface area contributed by atoms with Gasteiger partial charge in [0.1, 0.15) is 11.8 Å². The summed E-state index contributed by atoms with van der Waals surface area (Å²) in [5.74, 6) is -1.77. The minimum Gasteiger partial charge on any atom is -0.480 e.